The number of aliphatic hydroxyl groups is 11. The van der Waals surface area contributed by atoms with Crippen LogP contribution in [0.3, 0.4) is 0 Å². The minimum absolute atomic E-state index is 0.224. The lowest BCUT2D eigenvalue weighted by molar-refractivity contribution is -0.386. The summed E-state index contributed by atoms with van der Waals surface area (Å²) in [7, 11) is 0. The van der Waals surface area contributed by atoms with Gasteiger partial charge in [0.25, 0.3) is 5.79 Å². The Kier molecular flexibility index (Phi) is 42.1. The summed E-state index contributed by atoms with van der Waals surface area (Å²) in [5.74, 6) is -6.10. The molecular weight excluding hydrogens is 1140 g/mol. The van der Waals surface area contributed by atoms with Gasteiger partial charge in [0, 0.05) is 19.8 Å². The van der Waals surface area contributed by atoms with Crippen LogP contribution in [0.5, 0.6) is 0 Å². The van der Waals surface area contributed by atoms with Crippen molar-refractivity contribution in [3.63, 3.8) is 0 Å². The smallest absolute Gasteiger partial charge is 0.364 e. The highest BCUT2D eigenvalue weighted by molar-refractivity contribution is 5.77. The zero-order valence-electron chi connectivity index (χ0n) is 53.6. The van der Waals surface area contributed by atoms with E-state index in [1.807, 2.05) is 0 Å². The number of hydrogen-bond acceptors (Lipinski definition) is 20. The monoisotopic (exact) mass is 1260 g/mol. The molecule has 88 heavy (non-hydrogen) atoms. The average Bonchev–Trinajstić information content (AvgIpc) is 0.825. The summed E-state index contributed by atoms with van der Waals surface area (Å²) in [6.07, 6.45) is 13.6. The van der Waals surface area contributed by atoms with Gasteiger partial charge in [-0.2, -0.15) is 0 Å². The number of unbranched alkanes of at least 4 members (excludes halogenated alkanes) is 29. The quantitative estimate of drug-likeness (QED) is 0.0264. The number of carbonyl (C=O) groups excluding carboxylic acids is 2. The van der Waals surface area contributed by atoms with Gasteiger partial charge >= 0.3 is 5.97 Å². The van der Waals surface area contributed by atoms with Gasteiger partial charge in [0.1, 0.15) is 67.1 Å². The van der Waals surface area contributed by atoms with Gasteiger partial charge in [-0.1, -0.05) is 199 Å². The Morgan fingerprint density at radius 3 is 1.53 bits per heavy atom. The Balaban J connectivity index is 1.59. The topological polar surface area (TPSA) is 373 Å². The maximum Gasteiger partial charge on any atom is 0.364 e. The van der Waals surface area contributed by atoms with Gasteiger partial charge in [-0.15, -0.1) is 0 Å². The summed E-state index contributed by atoms with van der Waals surface area (Å²) in [6.45, 7) is 2.19. The van der Waals surface area contributed by atoms with Gasteiger partial charge < -0.3 is 100 Å². The third kappa shape index (κ3) is 29.2. The van der Waals surface area contributed by atoms with Gasteiger partial charge in [-0.05, 0) is 38.5 Å². The van der Waals surface area contributed by atoms with Gasteiger partial charge in [-0.25, -0.2) is 4.79 Å². The highest BCUT2D eigenvalue weighted by Gasteiger charge is 2.60. The predicted molar refractivity (Wildman–Crippen MR) is 329 cm³/mol. The van der Waals surface area contributed by atoms with Crippen LogP contribution < -0.4 is 10.6 Å². The standard InChI is InChI=1S/C65H120N2O21/c1-4-6-8-10-12-14-16-18-19-20-21-22-23-24-25-27-29-31-33-35-37-39-52(75)67-46(47(72)38-36-34-32-30-28-26-17-15-13-11-9-7-5-2)44-83-62-57(79)56(78)59(51(43-70)85-62)86-63-58(80)61(55(77)50(42-69)84-63)88-65(64(81)82)40-48(73)53(66-45(3)71)60(87-65)54(76)49(74)41-68/h18-19,46-51,53-63,68-70,72-74,76-80H,4-17,20-44H2,1-3H3,(H,66,71)(H,67,75)(H,81,82)/t46-,47+,48-,49+,50+,51+,53+,54+,55-,56+,57+,58+,59+,60?,61-,62+,63-,65-/m0/s1. The van der Waals surface area contributed by atoms with Crippen LogP contribution in [0.2, 0.25) is 0 Å². The largest absolute Gasteiger partial charge is 0.477 e. The molecule has 14 N–H and O–H groups in total. The summed E-state index contributed by atoms with van der Waals surface area (Å²) in [5.41, 5.74) is 0. The number of rotatable bonds is 51. The molecule has 3 aliphatic heterocycles. The minimum Gasteiger partial charge on any atom is -0.477 e. The number of nitrogens with one attached hydrogen (secondary N) is 2. The summed E-state index contributed by atoms with van der Waals surface area (Å²) in [4.78, 5) is 38.5. The van der Waals surface area contributed by atoms with Crippen LogP contribution in [0.1, 0.15) is 245 Å². The highest BCUT2D eigenvalue weighted by atomic mass is 16.8. The third-order valence-electron chi connectivity index (χ3n) is 17.5. The molecule has 3 rings (SSSR count). The van der Waals surface area contributed by atoms with Crippen LogP contribution in [0, 0.1) is 0 Å². The molecule has 3 saturated heterocycles. The number of aliphatic carboxylic acids is 1. The van der Waals surface area contributed by atoms with Crippen molar-refractivity contribution in [2.45, 2.75) is 355 Å². The van der Waals surface area contributed by atoms with Gasteiger partial charge in [0.15, 0.2) is 12.6 Å². The molecule has 0 bridgehead atoms. The van der Waals surface area contributed by atoms with E-state index in [0.717, 1.165) is 58.3 Å². The molecule has 0 saturated carbocycles. The van der Waals surface area contributed by atoms with Crippen LogP contribution in [0.4, 0.5) is 0 Å². The van der Waals surface area contributed by atoms with E-state index in [4.69, 9.17) is 28.4 Å². The Bertz CT molecular complexity index is 1840. The minimum atomic E-state index is -3.08. The first-order chi connectivity index (χ1) is 42.4. The fourth-order valence-corrected chi connectivity index (χ4v) is 12.0. The van der Waals surface area contributed by atoms with E-state index in [1.165, 1.54) is 141 Å². The molecule has 3 fully saturated rings. The number of carboxylic acids is 1. The molecule has 23 heteroatoms. The van der Waals surface area contributed by atoms with E-state index in [9.17, 15) is 75.7 Å². The zero-order chi connectivity index (χ0) is 64.7. The second-order valence-corrected chi connectivity index (χ2v) is 25.0. The third-order valence-corrected chi connectivity index (χ3v) is 17.5. The van der Waals surface area contributed by atoms with Crippen molar-refractivity contribution in [2.24, 2.45) is 0 Å². The van der Waals surface area contributed by atoms with E-state index >= 15 is 0 Å². The predicted octanol–water partition coefficient (Wildman–Crippen LogP) is 5.51. The maximum atomic E-state index is 13.4. The SMILES string of the molecule is CCCCCCCCC=CCCCCCCCCCCCCCC(=O)N[C@@H](CO[C@@H]1O[C@H](CO)[C@@H](O[C@@H]2O[C@H](CO)[C@H](O)[C@H](O[C@]3(C(=O)O)C[C@H](O)[C@@H](NC(C)=O)C([C@H](O)[C@H](O)CO)O3)[C@H]2O)[C@H](O)[C@H]1O)[C@H](O)CCCCCCCCCCCCCCC. The Morgan fingerprint density at radius 1 is 0.580 bits per heavy atom. The summed E-state index contributed by atoms with van der Waals surface area (Å²) < 4.78 is 34.8. The van der Waals surface area contributed by atoms with Crippen molar-refractivity contribution in [3.8, 4) is 0 Å². The second-order valence-electron chi connectivity index (χ2n) is 25.0. The zero-order valence-corrected chi connectivity index (χ0v) is 53.6. The van der Waals surface area contributed by atoms with E-state index in [1.54, 1.807) is 0 Å². The number of allylic oxidation sites excluding steroid dienone is 2. The molecule has 18 atom stereocenters. The molecule has 0 spiro atoms. The molecular formula is C65H120N2O21. The number of ether oxygens (including phenoxy) is 6. The Morgan fingerprint density at radius 2 is 1.06 bits per heavy atom. The first-order valence-corrected chi connectivity index (χ1v) is 34.0. The summed E-state index contributed by atoms with van der Waals surface area (Å²) >= 11 is 0. The summed E-state index contributed by atoms with van der Waals surface area (Å²) in [6, 6.07) is -2.53. The van der Waals surface area contributed by atoms with Gasteiger partial charge in [0.2, 0.25) is 11.8 Å². The molecule has 0 radical (unpaired) electrons. The lowest BCUT2D eigenvalue weighted by Gasteiger charge is -2.50. The van der Waals surface area contributed by atoms with Crippen molar-refractivity contribution >= 4 is 17.8 Å². The number of aliphatic hydroxyl groups excluding tert-OH is 11. The number of amides is 2. The van der Waals surface area contributed by atoms with Crippen molar-refractivity contribution in [3.05, 3.63) is 12.2 Å². The van der Waals surface area contributed by atoms with Crippen LogP contribution in [0.25, 0.3) is 0 Å². The maximum absolute atomic E-state index is 13.4. The molecule has 1 unspecified atom stereocenters. The lowest BCUT2D eigenvalue weighted by atomic mass is 9.88. The van der Waals surface area contributed by atoms with Crippen LogP contribution in [-0.4, -0.2) is 215 Å². The molecule has 0 aromatic heterocycles. The van der Waals surface area contributed by atoms with Crippen molar-refractivity contribution in [1.29, 1.82) is 0 Å². The second kappa shape index (κ2) is 46.5. The number of hydrogen-bond donors (Lipinski definition) is 14. The molecule has 0 aliphatic carbocycles. The fourth-order valence-electron chi connectivity index (χ4n) is 12.0. The first-order valence-electron chi connectivity index (χ1n) is 34.0. The van der Waals surface area contributed by atoms with E-state index in [2.05, 4.69) is 36.6 Å². The normalized spacial score (nSPS) is 29.0. The fraction of sp³-hybridized carbons (Fsp3) is 0.923. The lowest BCUT2D eigenvalue weighted by Crippen LogP contribution is -2.70. The van der Waals surface area contributed by atoms with E-state index in [-0.39, 0.29) is 18.9 Å². The highest BCUT2D eigenvalue weighted by Crippen LogP contribution is 2.39. The Labute approximate surface area is 524 Å². The van der Waals surface area contributed by atoms with Gasteiger partial charge in [-0.3, -0.25) is 9.59 Å². The van der Waals surface area contributed by atoms with Crippen molar-refractivity contribution in [1.82, 2.24) is 10.6 Å². The molecule has 2 amide bonds. The first kappa shape index (κ1) is 79.7. The van der Waals surface area contributed by atoms with E-state index < -0.39 is 148 Å². The van der Waals surface area contributed by atoms with Crippen LogP contribution in [0.15, 0.2) is 12.2 Å². The molecule has 3 aliphatic rings. The van der Waals surface area contributed by atoms with Gasteiger partial charge in [0.05, 0.1) is 50.7 Å². The number of carbonyl (C=O) groups is 3. The van der Waals surface area contributed by atoms with Crippen molar-refractivity contribution < 1.29 is 104 Å². The van der Waals surface area contributed by atoms with Crippen LogP contribution in [-0.2, 0) is 42.8 Å². The molecule has 516 valence electrons. The summed E-state index contributed by atoms with van der Waals surface area (Å²) in [5, 5.41) is 136. The molecule has 23 nitrogen and oxygen atoms in total. The average molecular weight is 1270 g/mol. The molecule has 0 aromatic rings. The van der Waals surface area contributed by atoms with Crippen molar-refractivity contribution in [2.75, 3.05) is 26.4 Å². The molecule has 3 heterocycles. The Hall–Kier alpha value is -2.53. The van der Waals surface area contributed by atoms with Crippen LogP contribution >= 0.6 is 0 Å². The molecule has 0 aromatic carbocycles. The van der Waals surface area contributed by atoms with E-state index in [0.29, 0.717) is 19.3 Å². The number of carboxylic acid groups (broad SMARTS) is 1.